The molecule has 0 amide bonds. The van der Waals surface area contributed by atoms with Crippen LogP contribution in [0.4, 0.5) is 5.69 Å². The molecule has 2 aromatic rings. The molecule has 2 N–H and O–H groups in total. The van der Waals surface area contributed by atoms with Gasteiger partial charge in [0.15, 0.2) is 6.10 Å². The van der Waals surface area contributed by atoms with E-state index in [2.05, 4.69) is 26.1 Å². The van der Waals surface area contributed by atoms with Crippen LogP contribution in [0.15, 0.2) is 35.9 Å². The Kier molecular flexibility index (Phi) is 3.02. The van der Waals surface area contributed by atoms with Crippen LogP contribution in [0.1, 0.15) is 18.1 Å². The molecule has 0 radical (unpaired) electrons. The molecule has 98 valence electrons. The molecule has 0 bridgehead atoms. The van der Waals surface area contributed by atoms with Gasteiger partial charge in [-0.15, -0.1) is 0 Å². The second-order valence-corrected chi connectivity index (χ2v) is 5.45. The third-order valence-corrected chi connectivity index (χ3v) is 3.53. The average Bonchev–Trinajstić information content (AvgIpc) is 2.99. The number of benzene rings is 1. The zero-order chi connectivity index (χ0) is 13.4. The predicted molar refractivity (Wildman–Crippen MR) is 77.9 cm³/mol. The van der Waals surface area contributed by atoms with Gasteiger partial charge in [0.25, 0.3) is 0 Å². The first-order valence-corrected chi connectivity index (χ1v) is 6.69. The van der Waals surface area contributed by atoms with E-state index in [1.807, 2.05) is 36.0 Å². The molecule has 1 aromatic heterocycles. The molecule has 0 saturated heterocycles. The summed E-state index contributed by atoms with van der Waals surface area (Å²) in [6.07, 6.45) is 4.38. The highest BCUT2D eigenvalue weighted by atomic mass is 79.9. The highest BCUT2D eigenvalue weighted by Crippen LogP contribution is 2.33. The van der Waals surface area contributed by atoms with Gasteiger partial charge in [-0.25, -0.2) is 4.98 Å². The number of nitrogen functional groups attached to an aromatic ring is 1. The molecule has 0 saturated carbocycles. The molecule has 1 aromatic carbocycles. The SMILES string of the molecule is Cn1cnc(-c2cc(C3CC(Br)=NO3)ccc2N)c1. The Bertz CT molecular complexity index is 650. The molecule has 0 aliphatic carbocycles. The molecule has 19 heavy (non-hydrogen) atoms. The number of hydrogen-bond acceptors (Lipinski definition) is 4. The largest absolute Gasteiger partial charge is 0.398 e. The minimum absolute atomic E-state index is 0.0579. The molecule has 2 heterocycles. The molecule has 1 aliphatic rings. The number of halogens is 1. The van der Waals surface area contributed by atoms with Gasteiger partial charge in [-0.3, -0.25) is 0 Å². The van der Waals surface area contributed by atoms with E-state index >= 15 is 0 Å². The van der Waals surface area contributed by atoms with Gasteiger partial charge < -0.3 is 15.1 Å². The molecule has 1 aliphatic heterocycles. The Labute approximate surface area is 119 Å². The summed E-state index contributed by atoms with van der Waals surface area (Å²) < 4.78 is 2.72. The van der Waals surface area contributed by atoms with Crippen molar-refractivity contribution in [2.75, 3.05) is 5.73 Å². The highest BCUT2D eigenvalue weighted by molar-refractivity contribution is 9.18. The Morgan fingerprint density at radius 2 is 2.32 bits per heavy atom. The lowest BCUT2D eigenvalue weighted by molar-refractivity contribution is 0.0858. The van der Waals surface area contributed by atoms with E-state index in [1.54, 1.807) is 6.33 Å². The average molecular weight is 321 g/mol. The van der Waals surface area contributed by atoms with Crippen molar-refractivity contribution in [2.45, 2.75) is 12.5 Å². The van der Waals surface area contributed by atoms with Gasteiger partial charge in [-0.2, -0.15) is 0 Å². The van der Waals surface area contributed by atoms with Crippen molar-refractivity contribution in [1.82, 2.24) is 9.55 Å². The first kappa shape index (κ1) is 12.2. The Morgan fingerprint density at radius 1 is 1.47 bits per heavy atom. The maximum atomic E-state index is 6.03. The summed E-state index contributed by atoms with van der Waals surface area (Å²) in [5.41, 5.74) is 9.57. The summed E-state index contributed by atoms with van der Waals surface area (Å²) in [5, 5.41) is 3.91. The number of nitrogens with two attached hydrogens (primary N) is 1. The van der Waals surface area contributed by atoms with Crippen LogP contribution in [-0.2, 0) is 11.9 Å². The molecule has 5 nitrogen and oxygen atoms in total. The summed E-state index contributed by atoms with van der Waals surface area (Å²) >= 11 is 3.34. The molecular weight excluding hydrogens is 308 g/mol. The number of imidazole rings is 1. The molecule has 3 rings (SSSR count). The Hall–Kier alpha value is -1.82. The van der Waals surface area contributed by atoms with Gasteiger partial charge in [0.2, 0.25) is 0 Å². The molecule has 6 heteroatoms. The maximum Gasteiger partial charge on any atom is 0.158 e. The van der Waals surface area contributed by atoms with Crippen LogP contribution < -0.4 is 5.73 Å². The number of hydrogen-bond donors (Lipinski definition) is 1. The summed E-state index contributed by atoms with van der Waals surface area (Å²) in [4.78, 5) is 9.70. The van der Waals surface area contributed by atoms with Crippen LogP contribution >= 0.6 is 15.9 Å². The van der Waals surface area contributed by atoms with Crippen LogP contribution in [-0.4, -0.2) is 14.2 Å². The van der Waals surface area contributed by atoms with Gasteiger partial charge in [0.05, 0.1) is 12.0 Å². The van der Waals surface area contributed by atoms with Crippen LogP contribution in [0.3, 0.4) is 0 Å². The van der Waals surface area contributed by atoms with Crippen molar-refractivity contribution < 1.29 is 4.84 Å². The third-order valence-electron chi connectivity index (χ3n) is 3.06. The fraction of sp³-hybridized carbons (Fsp3) is 0.231. The standard InChI is InChI=1S/C13H13BrN4O/c1-18-6-11(16-7-18)9-4-8(2-3-10(9)15)12-5-13(14)17-19-12/h2-4,6-7,12H,5,15H2,1H3. The van der Waals surface area contributed by atoms with Crippen molar-refractivity contribution >= 4 is 26.2 Å². The van der Waals surface area contributed by atoms with Crippen LogP contribution in [0.5, 0.6) is 0 Å². The van der Waals surface area contributed by atoms with Gasteiger partial charge in [0, 0.05) is 30.9 Å². The van der Waals surface area contributed by atoms with Crippen LogP contribution in [0.2, 0.25) is 0 Å². The number of aromatic nitrogens is 2. The van der Waals surface area contributed by atoms with Crippen LogP contribution in [0, 0.1) is 0 Å². The summed E-state index contributed by atoms with van der Waals surface area (Å²) in [6, 6.07) is 5.87. The maximum absolute atomic E-state index is 6.03. The normalized spacial score (nSPS) is 18.2. The first-order valence-electron chi connectivity index (χ1n) is 5.89. The monoisotopic (exact) mass is 320 g/mol. The first-order chi connectivity index (χ1) is 9.13. The minimum atomic E-state index is -0.0579. The molecule has 1 unspecified atom stereocenters. The van der Waals surface area contributed by atoms with E-state index < -0.39 is 0 Å². The van der Waals surface area contributed by atoms with E-state index in [9.17, 15) is 0 Å². The van der Waals surface area contributed by atoms with E-state index in [0.29, 0.717) is 5.69 Å². The van der Waals surface area contributed by atoms with Gasteiger partial charge >= 0.3 is 0 Å². The molecule has 1 atom stereocenters. The number of oxime groups is 1. The number of aryl methyl sites for hydroxylation is 1. The lowest BCUT2D eigenvalue weighted by Gasteiger charge is -2.11. The molecule has 0 fully saturated rings. The minimum Gasteiger partial charge on any atom is -0.398 e. The lowest BCUT2D eigenvalue weighted by Crippen LogP contribution is -1.99. The number of nitrogens with zero attached hydrogens (tertiary/aromatic N) is 3. The fourth-order valence-electron chi connectivity index (χ4n) is 2.07. The van der Waals surface area contributed by atoms with Crippen molar-refractivity contribution in [3.05, 3.63) is 36.3 Å². The smallest absolute Gasteiger partial charge is 0.158 e. The third kappa shape index (κ3) is 2.35. The number of anilines is 1. The van der Waals surface area contributed by atoms with Crippen molar-refractivity contribution in [1.29, 1.82) is 0 Å². The summed E-state index contributed by atoms with van der Waals surface area (Å²) in [5.74, 6) is 0. The van der Waals surface area contributed by atoms with Crippen molar-refractivity contribution in [3.63, 3.8) is 0 Å². The van der Waals surface area contributed by atoms with Crippen molar-refractivity contribution in [2.24, 2.45) is 12.2 Å². The summed E-state index contributed by atoms with van der Waals surface area (Å²) in [7, 11) is 1.93. The van der Waals surface area contributed by atoms with E-state index in [-0.39, 0.29) is 6.10 Å². The second-order valence-electron chi connectivity index (χ2n) is 4.54. The van der Waals surface area contributed by atoms with E-state index in [0.717, 1.165) is 27.9 Å². The summed E-state index contributed by atoms with van der Waals surface area (Å²) in [6.45, 7) is 0. The van der Waals surface area contributed by atoms with Gasteiger partial charge in [-0.1, -0.05) is 11.2 Å². The quantitative estimate of drug-likeness (QED) is 0.865. The zero-order valence-corrected chi connectivity index (χ0v) is 12.0. The fourth-order valence-corrected chi connectivity index (χ4v) is 2.45. The topological polar surface area (TPSA) is 65.4 Å². The van der Waals surface area contributed by atoms with E-state index in [1.165, 1.54) is 0 Å². The second kappa shape index (κ2) is 4.70. The lowest BCUT2D eigenvalue weighted by atomic mass is 10.0. The van der Waals surface area contributed by atoms with Gasteiger partial charge in [-0.05, 0) is 33.6 Å². The molecule has 0 spiro atoms. The number of rotatable bonds is 2. The molecular formula is C13H13BrN4O. The Morgan fingerprint density at radius 3 is 2.95 bits per heavy atom. The van der Waals surface area contributed by atoms with E-state index in [4.69, 9.17) is 10.6 Å². The highest BCUT2D eigenvalue weighted by Gasteiger charge is 2.22. The predicted octanol–water partition coefficient (Wildman–Crippen LogP) is 2.84. The Balaban J connectivity index is 1.97. The van der Waals surface area contributed by atoms with Crippen molar-refractivity contribution in [3.8, 4) is 11.3 Å². The van der Waals surface area contributed by atoms with Crippen LogP contribution in [0.25, 0.3) is 11.3 Å². The zero-order valence-electron chi connectivity index (χ0n) is 10.4. The van der Waals surface area contributed by atoms with Gasteiger partial charge in [0.1, 0.15) is 4.62 Å².